The normalized spacial score (nSPS) is 11.2. The van der Waals surface area contributed by atoms with Gasteiger partial charge in [0.05, 0.1) is 32.7 Å². The zero-order valence-electron chi connectivity index (χ0n) is 16.9. The molecule has 2 aromatic carbocycles. The molecule has 1 heterocycles. The third-order valence-electron chi connectivity index (χ3n) is 4.23. The van der Waals surface area contributed by atoms with Gasteiger partial charge in [-0.3, -0.25) is 0 Å². The van der Waals surface area contributed by atoms with E-state index < -0.39 is 0 Å². The second-order valence-electron chi connectivity index (χ2n) is 6.23. The molecule has 3 rings (SSSR count). The van der Waals surface area contributed by atoms with Gasteiger partial charge in [-0.2, -0.15) is 9.97 Å². The molecule has 7 nitrogen and oxygen atoms in total. The van der Waals surface area contributed by atoms with Crippen LogP contribution in [0.1, 0.15) is 22.5 Å². The lowest BCUT2D eigenvalue weighted by Gasteiger charge is -2.04. The van der Waals surface area contributed by atoms with Crippen LogP contribution in [0.3, 0.4) is 0 Å². The highest BCUT2D eigenvalue weighted by atomic mass is 16.5. The van der Waals surface area contributed by atoms with E-state index in [2.05, 4.69) is 9.97 Å². The van der Waals surface area contributed by atoms with Crippen molar-refractivity contribution in [2.24, 2.45) is 0 Å². The van der Waals surface area contributed by atoms with E-state index in [-0.39, 0.29) is 17.5 Å². The Balaban J connectivity index is 1.84. The molecule has 0 aliphatic carbocycles. The van der Waals surface area contributed by atoms with E-state index >= 15 is 0 Å². The number of methoxy groups -OCH3 is 3. The zero-order valence-corrected chi connectivity index (χ0v) is 16.9. The molecule has 0 saturated heterocycles. The van der Waals surface area contributed by atoms with Gasteiger partial charge in [0, 0.05) is 0 Å². The topological polar surface area (TPSA) is 93.9 Å². The van der Waals surface area contributed by atoms with Gasteiger partial charge in [0.1, 0.15) is 0 Å². The number of phenols is 2. The molecule has 0 saturated carbocycles. The van der Waals surface area contributed by atoms with Gasteiger partial charge in [-0.15, -0.1) is 0 Å². The van der Waals surface area contributed by atoms with Crippen molar-refractivity contribution in [1.29, 1.82) is 0 Å². The highest BCUT2D eigenvalue weighted by Gasteiger charge is 2.04. The molecule has 7 heteroatoms. The van der Waals surface area contributed by atoms with E-state index in [1.54, 1.807) is 42.5 Å². The lowest BCUT2D eigenvalue weighted by Crippen LogP contribution is -1.95. The number of ether oxygens (including phenoxy) is 3. The van der Waals surface area contributed by atoms with E-state index in [0.29, 0.717) is 22.9 Å². The smallest absolute Gasteiger partial charge is 0.317 e. The summed E-state index contributed by atoms with van der Waals surface area (Å²) in [6, 6.07) is 12.3. The summed E-state index contributed by atoms with van der Waals surface area (Å²) in [5.74, 6) is 0.943. The van der Waals surface area contributed by atoms with Gasteiger partial charge in [0.25, 0.3) is 0 Å². The first-order valence-electron chi connectivity index (χ1n) is 9.05. The minimum Gasteiger partial charge on any atom is -0.504 e. The van der Waals surface area contributed by atoms with Gasteiger partial charge in [0.2, 0.25) is 0 Å². The lowest BCUT2D eigenvalue weighted by molar-refractivity contribution is 0.373. The number of phenolic OH excluding ortho intramolecular Hbond substituents is 2. The second-order valence-corrected chi connectivity index (χ2v) is 6.23. The Bertz CT molecular complexity index is 1010. The molecule has 0 unspecified atom stereocenters. The molecule has 0 fully saturated rings. The zero-order chi connectivity index (χ0) is 21.5. The minimum absolute atomic E-state index is 0.0614. The number of nitrogens with zero attached hydrogens (tertiary/aromatic N) is 2. The Morgan fingerprint density at radius 3 is 1.47 bits per heavy atom. The summed E-state index contributed by atoms with van der Waals surface area (Å²) in [4.78, 5) is 8.63. The summed E-state index contributed by atoms with van der Waals surface area (Å²) < 4.78 is 15.3. The van der Waals surface area contributed by atoms with Crippen molar-refractivity contribution in [1.82, 2.24) is 9.97 Å². The second kappa shape index (κ2) is 9.47. The highest BCUT2D eigenvalue weighted by Crippen LogP contribution is 2.28. The number of aromatic nitrogens is 2. The van der Waals surface area contributed by atoms with Crippen LogP contribution in [0.5, 0.6) is 29.0 Å². The molecule has 154 valence electrons. The summed E-state index contributed by atoms with van der Waals surface area (Å²) in [6.45, 7) is 0. The fraction of sp³-hybridized carbons (Fsp3) is 0.130. The van der Waals surface area contributed by atoms with Crippen molar-refractivity contribution >= 4 is 24.3 Å². The van der Waals surface area contributed by atoms with Crippen molar-refractivity contribution in [3.8, 4) is 29.0 Å². The lowest BCUT2D eigenvalue weighted by atomic mass is 10.1. The van der Waals surface area contributed by atoms with Crippen LogP contribution in [0.25, 0.3) is 24.3 Å². The summed E-state index contributed by atoms with van der Waals surface area (Å²) in [5.41, 5.74) is 2.84. The first kappa shape index (κ1) is 20.7. The molecule has 0 radical (unpaired) electrons. The largest absolute Gasteiger partial charge is 0.504 e. The molecule has 1 aromatic heterocycles. The number of hydrogen-bond donors (Lipinski definition) is 2. The Morgan fingerprint density at radius 1 is 0.633 bits per heavy atom. The van der Waals surface area contributed by atoms with Gasteiger partial charge < -0.3 is 24.4 Å². The van der Waals surface area contributed by atoms with Crippen LogP contribution in [-0.2, 0) is 0 Å². The summed E-state index contributed by atoms with van der Waals surface area (Å²) in [6.07, 6.45) is 7.22. The van der Waals surface area contributed by atoms with E-state index in [1.807, 2.05) is 24.3 Å². The molecule has 0 atom stereocenters. The number of hydrogen-bond acceptors (Lipinski definition) is 7. The standard InChI is InChI=1S/C23H22N2O5/c1-28-21-10-6-15(12-19(21)26)4-8-17-14-18(25-23(24-17)30-3)9-5-16-7-11-22(29-2)20(27)13-16/h4-14,26-27H,1-3H3/b8-4+,9-5+. The van der Waals surface area contributed by atoms with Crippen molar-refractivity contribution in [2.75, 3.05) is 21.3 Å². The van der Waals surface area contributed by atoms with Crippen molar-refractivity contribution in [3.63, 3.8) is 0 Å². The number of benzene rings is 2. The molecule has 0 spiro atoms. The molecule has 3 aromatic rings. The molecular weight excluding hydrogens is 384 g/mol. The number of aromatic hydroxyl groups is 2. The van der Waals surface area contributed by atoms with Crippen LogP contribution in [0.2, 0.25) is 0 Å². The van der Waals surface area contributed by atoms with E-state index in [1.165, 1.54) is 21.3 Å². The quantitative estimate of drug-likeness (QED) is 0.606. The van der Waals surface area contributed by atoms with Crippen LogP contribution < -0.4 is 14.2 Å². The van der Waals surface area contributed by atoms with Crippen LogP contribution in [-0.4, -0.2) is 41.5 Å². The first-order valence-corrected chi connectivity index (χ1v) is 9.05. The van der Waals surface area contributed by atoms with Gasteiger partial charge in [-0.25, -0.2) is 0 Å². The fourth-order valence-corrected chi connectivity index (χ4v) is 2.71. The summed E-state index contributed by atoms with van der Waals surface area (Å²) in [7, 11) is 4.50. The van der Waals surface area contributed by atoms with Crippen LogP contribution in [0, 0.1) is 0 Å². The Labute approximate surface area is 174 Å². The summed E-state index contributed by atoms with van der Waals surface area (Å²) in [5, 5.41) is 19.8. The predicted octanol–water partition coefficient (Wildman–Crippen LogP) is 4.25. The van der Waals surface area contributed by atoms with Crippen molar-refractivity contribution in [2.45, 2.75) is 0 Å². The maximum absolute atomic E-state index is 9.91. The maximum Gasteiger partial charge on any atom is 0.317 e. The molecule has 2 N–H and O–H groups in total. The van der Waals surface area contributed by atoms with Gasteiger partial charge >= 0.3 is 6.01 Å². The third kappa shape index (κ3) is 5.08. The Morgan fingerprint density at radius 2 is 1.10 bits per heavy atom. The molecule has 0 amide bonds. The maximum atomic E-state index is 9.91. The van der Waals surface area contributed by atoms with E-state index in [4.69, 9.17) is 14.2 Å². The highest BCUT2D eigenvalue weighted by molar-refractivity contribution is 5.73. The SMILES string of the molecule is COc1nc(/C=C/c2ccc(OC)c(O)c2)cc(/C=C/c2ccc(OC)c(O)c2)n1. The Kier molecular flexibility index (Phi) is 6.54. The number of rotatable bonds is 7. The average Bonchev–Trinajstić information content (AvgIpc) is 2.76. The van der Waals surface area contributed by atoms with E-state index in [0.717, 1.165) is 11.1 Å². The van der Waals surface area contributed by atoms with Crippen LogP contribution in [0.15, 0.2) is 42.5 Å². The van der Waals surface area contributed by atoms with Crippen molar-refractivity contribution in [3.05, 3.63) is 65.0 Å². The van der Waals surface area contributed by atoms with Crippen LogP contribution in [0.4, 0.5) is 0 Å². The van der Waals surface area contributed by atoms with Gasteiger partial charge in [-0.1, -0.05) is 24.3 Å². The molecule has 30 heavy (non-hydrogen) atoms. The molecule has 0 aliphatic rings. The van der Waals surface area contributed by atoms with Crippen molar-refractivity contribution < 1.29 is 24.4 Å². The van der Waals surface area contributed by atoms with Gasteiger partial charge in [-0.05, 0) is 53.6 Å². The van der Waals surface area contributed by atoms with Gasteiger partial charge in [0.15, 0.2) is 23.0 Å². The molecular formula is C23H22N2O5. The average molecular weight is 406 g/mol. The summed E-state index contributed by atoms with van der Waals surface area (Å²) >= 11 is 0. The Hall–Kier alpha value is -4.00. The van der Waals surface area contributed by atoms with E-state index in [9.17, 15) is 10.2 Å². The van der Waals surface area contributed by atoms with Crippen LogP contribution >= 0.6 is 0 Å². The third-order valence-corrected chi connectivity index (χ3v) is 4.23. The first-order chi connectivity index (χ1) is 14.5. The molecule has 0 bridgehead atoms. The molecule has 0 aliphatic heterocycles. The predicted molar refractivity (Wildman–Crippen MR) is 116 cm³/mol. The fourth-order valence-electron chi connectivity index (χ4n) is 2.71. The monoisotopic (exact) mass is 406 g/mol. The minimum atomic E-state index is 0.0614.